The van der Waals surface area contributed by atoms with E-state index in [9.17, 15) is 40.5 Å². The van der Waals surface area contributed by atoms with Crippen LogP contribution in [-0.2, 0) is 0 Å². The monoisotopic (exact) mass is 259 g/mol. The van der Waals surface area contributed by atoms with Crippen LogP contribution in [0.25, 0.3) is 0 Å². The molecule has 0 aliphatic carbocycles. The maximum absolute atomic E-state index is 10.6. The molecule has 1 aromatic heterocycles. The summed E-state index contributed by atoms with van der Waals surface area (Å²) in [6.07, 6.45) is 0.225. The van der Waals surface area contributed by atoms with E-state index in [1.807, 2.05) is 0 Å². The number of rotatable bonds is 4. The van der Waals surface area contributed by atoms with Gasteiger partial charge in [-0.2, -0.15) is 0 Å². The first kappa shape index (κ1) is 12.8. The fraction of sp³-hybridized carbons (Fsp3) is 0. The van der Waals surface area contributed by atoms with Crippen LogP contribution in [0.3, 0.4) is 0 Å². The van der Waals surface area contributed by atoms with E-state index < -0.39 is 42.6 Å². The van der Waals surface area contributed by atoms with E-state index >= 15 is 0 Å². The maximum atomic E-state index is 10.6. The fourth-order valence-corrected chi connectivity index (χ4v) is 1.09. The van der Waals surface area contributed by atoms with Crippen LogP contribution in [0.15, 0.2) is 6.20 Å². The van der Waals surface area contributed by atoms with Crippen molar-refractivity contribution >= 4 is 22.9 Å². The second kappa shape index (κ2) is 4.32. The van der Waals surface area contributed by atoms with Gasteiger partial charge < -0.3 is 10.1 Å². The van der Waals surface area contributed by atoms with E-state index in [-0.39, 0.29) is 6.20 Å². The minimum Gasteiger partial charge on any atom is -0.358 e. The molecule has 1 aromatic rings. The topological polar surface area (TPSA) is 185 Å². The lowest BCUT2D eigenvalue weighted by Crippen LogP contribution is -2.06. The summed E-state index contributed by atoms with van der Waals surface area (Å²) in [6, 6.07) is 0. The highest BCUT2D eigenvalue weighted by molar-refractivity contribution is 5.71. The summed E-state index contributed by atoms with van der Waals surface area (Å²) in [7, 11) is 0. The molecule has 18 heavy (non-hydrogen) atoms. The van der Waals surface area contributed by atoms with Gasteiger partial charge in [-0.1, -0.05) is 0 Å². The summed E-state index contributed by atoms with van der Waals surface area (Å²) < 4.78 is 0. The van der Waals surface area contributed by atoms with Gasteiger partial charge in [0, 0.05) is 0 Å². The Morgan fingerprint density at radius 3 is 1.61 bits per heavy atom. The number of hydrogen-bond donors (Lipinski definition) is 0. The molecule has 0 N–H and O–H groups in total. The Morgan fingerprint density at radius 2 is 1.28 bits per heavy atom. The lowest BCUT2D eigenvalue weighted by Gasteiger charge is -1.96. The summed E-state index contributed by atoms with van der Waals surface area (Å²) in [5.41, 5.74) is -4.50. The molecule has 13 heteroatoms. The number of aromatic nitrogens is 1. The Hall–Kier alpha value is -3.25. The van der Waals surface area contributed by atoms with Gasteiger partial charge in [0.1, 0.15) is 0 Å². The van der Waals surface area contributed by atoms with Gasteiger partial charge in [-0.05, 0) is 9.91 Å². The number of pyridine rings is 1. The summed E-state index contributed by atoms with van der Waals surface area (Å²) in [5.74, 6) is -1.43. The van der Waals surface area contributed by atoms with Crippen LogP contribution in [-0.4, -0.2) is 24.7 Å². The molecular weight excluding hydrogens is 258 g/mol. The zero-order valence-corrected chi connectivity index (χ0v) is 8.08. The predicted octanol–water partition coefficient (Wildman–Crippen LogP) is 0.714. The summed E-state index contributed by atoms with van der Waals surface area (Å²) >= 11 is 0. The molecule has 1 rings (SSSR count). The molecular formula is C5HN5O8. The number of nitro groups is 4. The molecule has 0 fully saturated rings. The molecule has 13 nitrogen and oxygen atoms in total. The Balaban J connectivity index is 3.82. The third kappa shape index (κ3) is 1.99. The largest absolute Gasteiger partial charge is 0.450 e. The molecule has 0 atom stereocenters. The molecule has 0 aliphatic rings. The van der Waals surface area contributed by atoms with Gasteiger partial charge >= 0.3 is 22.9 Å². The van der Waals surface area contributed by atoms with Crippen LogP contribution in [0.2, 0.25) is 0 Å². The molecule has 0 bridgehead atoms. The van der Waals surface area contributed by atoms with Crippen LogP contribution in [0.5, 0.6) is 0 Å². The Bertz CT molecular complexity index is 530. The zero-order valence-electron chi connectivity index (χ0n) is 8.08. The van der Waals surface area contributed by atoms with Gasteiger partial charge in [0.15, 0.2) is 0 Å². The van der Waals surface area contributed by atoms with Crippen molar-refractivity contribution in [3.05, 3.63) is 46.7 Å². The maximum Gasteiger partial charge on any atom is 0.450 e. The minimum absolute atomic E-state index is 0.225. The smallest absolute Gasteiger partial charge is 0.358 e. The molecule has 0 unspecified atom stereocenters. The lowest BCUT2D eigenvalue weighted by atomic mass is 10.3. The molecule has 0 saturated heterocycles. The normalized spacial score (nSPS) is 9.78. The van der Waals surface area contributed by atoms with Crippen molar-refractivity contribution in [3.63, 3.8) is 0 Å². The number of nitrogens with zero attached hydrogens (tertiary/aromatic N) is 5. The molecule has 1 heterocycles. The third-order valence-corrected chi connectivity index (χ3v) is 1.72. The van der Waals surface area contributed by atoms with Gasteiger partial charge in [-0.25, -0.2) is 0 Å². The van der Waals surface area contributed by atoms with Gasteiger partial charge in [-0.15, -0.1) is 0 Å². The van der Waals surface area contributed by atoms with Crippen molar-refractivity contribution in [1.29, 1.82) is 0 Å². The predicted molar refractivity (Wildman–Crippen MR) is 50.9 cm³/mol. The molecule has 0 spiro atoms. The lowest BCUT2D eigenvalue weighted by molar-refractivity contribution is -0.453. The highest BCUT2D eigenvalue weighted by Gasteiger charge is 2.45. The molecule has 0 amide bonds. The molecule has 0 saturated carbocycles. The average Bonchev–Trinajstić information content (AvgIpc) is 2.26. The van der Waals surface area contributed by atoms with Crippen LogP contribution >= 0.6 is 0 Å². The second-order valence-corrected chi connectivity index (χ2v) is 2.69. The zero-order chi connectivity index (χ0) is 14.0. The van der Waals surface area contributed by atoms with Crippen molar-refractivity contribution in [1.82, 2.24) is 4.98 Å². The fourth-order valence-electron chi connectivity index (χ4n) is 1.09. The van der Waals surface area contributed by atoms with Gasteiger partial charge in [0.25, 0.3) is 0 Å². The first-order valence-electron chi connectivity index (χ1n) is 3.88. The van der Waals surface area contributed by atoms with E-state index in [4.69, 9.17) is 0 Å². The average molecular weight is 259 g/mol. The van der Waals surface area contributed by atoms with E-state index in [0.717, 1.165) is 0 Å². The van der Waals surface area contributed by atoms with Gasteiger partial charge in [0.05, 0.1) is 14.8 Å². The first-order chi connectivity index (χ1) is 8.27. The highest BCUT2D eigenvalue weighted by Crippen LogP contribution is 2.40. The minimum atomic E-state index is -1.63. The Kier molecular flexibility index (Phi) is 3.08. The van der Waals surface area contributed by atoms with Crippen LogP contribution < -0.4 is 0 Å². The Morgan fingerprint density at radius 1 is 0.778 bits per heavy atom. The summed E-state index contributed by atoms with van der Waals surface area (Å²) in [6.45, 7) is 0. The van der Waals surface area contributed by atoms with Gasteiger partial charge in [-0.3, -0.25) is 30.3 Å². The molecule has 0 aliphatic heterocycles. The number of hydrogen-bond acceptors (Lipinski definition) is 9. The molecule has 0 radical (unpaired) electrons. The highest BCUT2D eigenvalue weighted by atomic mass is 16.7. The van der Waals surface area contributed by atoms with E-state index in [1.165, 1.54) is 0 Å². The van der Waals surface area contributed by atoms with Crippen LogP contribution in [0.1, 0.15) is 0 Å². The van der Waals surface area contributed by atoms with Crippen molar-refractivity contribution in [2.45, 2.75) is 0 Å². The summed E-state index contributed by atoms with van der Waals surface area (Å²) in [4.78, 5) is 39.4. The van der Waals surface area contributed by atoms with Gasteiger partial charge in [0.2, 0.25) is 6.20 Å². The Labute approximate surface area is 95.3 Å². The van der Waals surface area contributed by atoms with Crippen molar-refractivity contribution in [2.24, 2.45) is 0 Å². The standard InChI is InChI=1S/C5HN5O8/c11-7(12)2-1-6-5(10(17)18)4(9(15)16)3(2)8(13)14/h1H. The summed E-state index contributed by atoms with van der Waals surface area (Å²) in [5, 5.41) is 42.0. The first-order valence-corrected chi connectivity index (χ1v) is 3.88. The van der Waals surface area contributed by atoms with E-state index in [1.54, 1.807) is 0 Å². The van der Waals surface area contributed by atoms with Crippen LogP contribution in [0.4, 0.5) is 22.9 Å². The second-order valence-electron chi connectivity index (χ2n) is 2.69. The SMILES string of the molecule is O=[N+]([O-])c1cnc([N+](=O)[O-])c([N+](=O)[O-])c1[N+](=O)[O-]. The third-order valence-electron chi connectivity index (χ3n) is 1.72. The van der Waals surface area contributed by atoms with E-state index in [2.05, 4.69) is 4.98 Å². The van der Waals surface area contributed by atoms with Crippen molar-refractivity contribution in [3.8, 4) is 0 Å². The van der Waals surface area contributed by atoms with Crippen LogP contribution in [0, 0.1) is 40.5 Å². The van der Waals surface area contributed by atoms with Crippen molar-refractivity contribution < 1.29 is 19.7 Å². The van der Waals surface area contributed by atoms with Crippen molar-refractivity contribution in [2.75, 3.05) is 0 Å². The quantitative estimate of drug-likeness (QED) is 0.553. The molecule has 0 aromatic carbocycles. The van der Waals surface area contributed by atoms with E-state index in [0.29, 0.717) is 0 Å². The molecule has 94 valence electrons.